The number of benzene rings is 2. The van der Waals surface area contributed by atoms with Crippen molar-refractivity contribution in [2.75, 3.05) is 10.5 Å². The van der Waals surface area contributed by atoms with Crippen LogP contribution < -0.4 is 10.5 Å². The van der Waals surface area contributed by atoms with Crippen molar-refractivity contribution in [2.45, 2.75) is 6.92 Å². The summed E-state index contributed by atoms with van der Waals surface area (Å²) < 4.78 is 6.69. The van der Waals surface area contributed by atoms with Gasteiger partial charge in [-0.05, 0) is 24.3 Å². The highest BCUT2D eigenvalue weighted by molar-refractivity contribution is 6.39. The Labute approximate surface area is 184 Å². The van der Waals surface area contributed by atoms with Crippen molar-refractivity contribution in [1.29, 1.82) is 0 Å². The maximum Gasteiger partial charge on any atom is 0.223 e. The highest BCUT2D eigenvalue weighted by Crippen LogP contribution is 2.38. The first-order valence-corrected chi connectivity index (χ1v) is 9.67. The normalized spacial score (nSPS) is 11.4. The summed E-state index contributed by atoms with van der Waals surface area (Å²) in [4.78, 5) is 12.9. The molecule has 5 rings (SSSR count). The van der Waals surface area contributed by atoms with E-state index in [4.69, 9.17) is 27.7 Å². The van der Waals surface area contributed by atoms with Crippen LogP contribution in [0.2, 0.25) is 10.0 Å². The van der Waals surface area contributed by atoms with Crippen LogP contribution in [0.4, 0.5) is 17.2 Å². The van der Waals surface area contributed by atoms with Gasteiger partial charge in [0.05, 0.1) is 33.8 Å². The zero-order chi connectivity index (χ0) is 21.7. The lowest BCUT2D eigenvalue weighted by Gasteiger charge is -2.16. The lowest BCUT2D eigenvalue weighted by atomic mass is 10.2. The minimum Gasteiger partial charge on any atom is -0.339 e. The van der Waals surface area contributed by atoms with Gasteiger partial charge in [0.25, 0.3) is 0 Å². The topological polar surface area (TPSA) is 125 Å². The Kier molecular flexibility index (Phi) is 4.63. The van der Waals surface area contributed by atoms with E-state index in [-0.39, 0.29) is 10.9 Å². The highest BCUT2D eigenvalue weighted by Gasteiger charge is 2.18. The molecule has 0 amide bonds. The molecule has 5 aromatic rings. The van der Waals surface area contributed by atoms with Crippen LogP contribution in [0.25, 0.3) is 27.9 Å². The molecule has 0 aliphatic rings. The number of hydrogen-bond acceptors (Lipinski definition) is 9. The Balaban J connectivity index is 1.63. The molecular formula is C19H13Cl2N7O3. The smallest absolute Gasteiger partial charge is 0.223 e. The van der Waals surface area contributed by atoms with Crippen LogP contribution in [0.5, 0.6) is 0 Å². The Morgan fingerprint density at radius 2 is 1.90 bits per heavy atom. The van der Waals surface area contributed by atoms with Gasteiger partial charge in [0.1, 0.15) is 16.7 Å². The number of para-hydroxylation sites is 1. The molecule has 0 unspecified atom stereocenters. The van der Waals surface area contributed by atoms with Gasteiger partial charge >= 0.3 is 0 Å². The fourth-order valence-corrected chi connectivity index (χ4v) is 3.87. The molecular weight excluding hydrogens is 445 g/mol. The van der Waals surface area contributed by atoms with Crippen LogP contribution in [-0.2, 0) is 0 Å². The maximum atomic E-state index is 9.58. The molecule has 0 atom stereocenters. The number of aromatic nitrogens is 5. The van der Waals surface area contributed by atoms with Crippen LogP contribution in [0.1, 0.15) is 5.89 Å². The third-order valence-electron chi connectivity index (χ3n) is 4.63. The molecule has 0 fully saturated rings. The third-order valence-corrected chi connectivity index (χ3v) is 5.23. The van der Waals surface area contributed by atoms with Crippen LogP contribution in [0, 0.1) is 6.92 Å². The number of halogens is 2. The summed E-state index contributed by atoms with van der Waals surface area (Å²) in [6, 6.07) is 8.27. The average molecular weight is 458 g/mol. The Hall–Kier alpha value is -3.44. The molecule has 156 valence electrons. The maximum absolute atomic E-state index is 9.58. The molecule has 0 saturated carbocycles. The molecule has 10 nitrogen and oxygen atoms in total. The van der Waals surface area contributed by atoms with Gasteiger partial charge in [-0.1, -0.05) is 34.4 Å². The fourth-order valence-electron chi connectivity index (χ4n) is 3.29. The third kappa shape index (κ3) is 3.31. The monoisotopic (exact) mass is 457 g/mol. The summed E-state index contributed by atoms with van der Waals surface area (Å²) in [5.74, 6) is 1.23. The number of aryl methyl sites for hydroxylation is 1. The van der Waals surface area contributed by atoms with Crippen LogP contribution in [0.15, 0.2) is 47.4 Å². The first-order valence-electron chi connectivity index (χ1n) is 8.92. The second-order valence-electron chi connectivity index (χ2n) is 6.62. The predicted octanol–water partition coefficient (Wildman–Crippen LogP) is 4.88. The SMILES string of the molecule is Cc1nc(-c2cc(Cl)c(Nc3nc4cccc(N(O)O)c4n4cncc34)c(Cl)c2)no1. The molecule has 3 aromatic heterocycles. The second-order valence-corrected chi connectivity index (χ2v) is 7.43. The summed E-state index contributed by atoms with van der Waals surface area (Å²) in [6.07, 6.45) is 3.13. The summed E-state index contributed by atoms with van der Waals surface area (Å²) in [6.45, 7) is 1.69. The van der Waals surface area contributed by atoms with Gasteiger partial charge in [-0.2, -0.15) is 4.98 Å². The van der Waals surface area contributed by atoms with E-state index in [1.807, 2.05) is 0 Å². The average Bonchev–Trinajstić information content (AvgIpc) is 3.39. The van der Waals surface area contributed by atoms with E-state index in [1.165, 1.54) is 0 Å². The van der Waals surface area contributed by atoms with Crippen molar-refractivity contribution in [1.82, 2.24) is 24.5 Å². The van der Waals surface area contributed by atoms with Gasteiger partial charge < -0.3 is 9.84 Å². The van der Waals surface area contributed by atoms with E-state index >= 15 is 0 Å². The quantitative estimate of drug-likeness (QED) is 0.323. The highest BCUT2D eigenvalue weighted by atomic mass is 35.5. The number of fused-ring (bicyclic) bond motifs is 3. The Morgan fingerprint density at radius 3 is 2.58 bits per heavy atom. The Bertz CT molecular complexity index is 1420. The molecule has 0 aliphatic heterocycles. The number of anilines is 3. The van der Waals surface area contributed by atoms with Crippen LogP contribution >= 0.6 is 23.2 Å². The fraction of sp³-hybridized carbons (Fsp3) is 0.0526. The number of hydrogen-bond donors (Lipinski definition) is 3. The molecule has 0 bridgehead atoms. The largest absolute Gasteiger partial charge is 0.339 e. The van der Waals surface area contributed by atoms with E-state index in [2.05, 4.69) is 25.4 Å². The van der Waals surface area contributed by atoms with E-state index in [9.17, 15) is 10.4 Å². The summed E-state index contributed by atoms with van der Waals surface area (Å²) in [5, 5.41) is 26.9. The van der Waals surface area contributed by atoms with Crippen molar-refractivity contribution >= 4 is 56.9 Å². The van der Waals surface area contributed by atoms with Gasteiger partial charge in [0.2, 0.25) is 11.7 Å². The molecule has 3 heterocycles. The van der Waals surface area contributed by atoms with Crippen LogP contribution in [0.3, 0.4) is 0 Å². The summed E-state index contributed by atoms with van der Waals surface area (Å²) in [7, 11) is 0. The van der Waals surface area contributed by atoms with Gasteiger partial charge in [0, 0.05) is 12.5 Å². The standard InChI is InChI=1S/C19H13Cl2N7O3/c1-9-23-18(26-31-9)10-5-11(20)16(12(21)6-10)25-19-15-7-22-8-27(15)17-13(24-19)3-2-4-14(17)28(29)30/h2-8,29-30H,1H3,(H,24,25). The van der Waals surface area contributed by atoms with Crippen molar-refractivity contribution < 1.29 is 14.9 Å². The molecule has 0 aliphatic carbocycles. The lowest BCUT2D eigenvalue weighted by molar-refractivity contribution is 0.0298. The van der Waals surface area contributed by atoms with Gasteiger partial charge in [-0.25, -0.2) is 9.97 Å². The summed E-state index contributed by atoms with van der Waals surface area (Å²) in [5.41, 5.74) is 2.72. The first-order chi connectivity index (χ1) is 14.9. The zero-order valence-corrected chi connectivity index (χ0v) is 17.3. The van der Waals surface area contributed by atoms with Gasteiger partial charge in [0.15, 0.2) is 5.82 Å². The number of nitrogens with one attached hydrogen (secondary N) is 1. The number of nitrogens with zero attached hydrogens (tertiary/aromatic N) is 6. The molecule has 3 N–H and O–H groups in total. The predicted molar refractivity (Wildman–Crippen MR) is 114 cm³/mol. The van der Waals surface area contributed by atoms with Gasteiger partial charge in [-0.15, -0.1) is 5.23 Å². The Morgan fingerprint density at radius 1 is 1.13 bits per heavy atom. The van der Waals surface area contributed by atoms with Crippen molar-refractivity contribution in [3.05, 3.63) is 58.8 Å². The molecule has 0 spiro atoms. The van der Waals surface area contributed by atoms with E-state index in [1.54, 1.807) is 54.2 Å². The number of imidazole rings is 1. The molecule has 12 heteroatoms. The van der Waals surface area contributed by atoms with Crippen molar-refractivity contribution in [2.24, 2.45) is 0 Å². The van der Waals surface area contributed by atoms with Crippen molar-refractivity contribution in [3.63, 3.8) is 0 Å². The van der Waals surface area contributed by atoms with Gasteiger partial charge in [-0.3, -0.25) is 14.8 Å². The molecule has 31 heavy (non-hydrogen) atoms. The molecule has 2 aromatic carbocycles. The molecule has 0 saturated heterocycles. The number of rotatable bonds is 4. The zero-order valence-electron chi connectivity index (χ0n) is 15.8. The van der Waals surface area contributed by atoms with Crippen LogP contribution in [-0.4, -0.2) is 34.9 Å². The van der Waals surface area contributed by atoms with E-state index < -0.39 is 0 Å². The molecule has 0 radical (unpaired) electrons. The summed E-state index contributed by atoms with van der Waals surface area (Å²) >= 11 is 13.0. The first kappa shape index (κ1) is 19.5. The van der Waals surface area contributed by atoms with Crippen molar-refractivity contribution in [3.8, 4) is 11.4 Å². The van der Waals surface area contributed by atoms with E-state index in [0.29, 0.717) is 55.4 Å². The van der Waals surface area contributed by atoms with E-state index in [0.717, 1.165) is 0 Å². The second kappa shape index (κ2) is 7.36. The minimum absolute atomic E-state index is 0.0443. The minimum atomic E-state index is 0.0443. The lowest BCUT2D eigenvalue weighted by Crippen LogP contribution is -2.13.